The number of hydrogen-bond acceptors (Lipinski definition) is 3. The Bertz CT molecular complexity index is 665. The maximum Gasteiger partial charge on any atom is 0.241 e. The summed E-state index contributed by atoms with van der Waals surface area (Å²) >= 11 is 0. The summed E-state index contributed by atoms with van der Waals surface area (Å²) in [4.78, 5) is 0.482. The summed E-state index contributed by atoms with van der Waals surface area (Å²) in [7, 11) is -3.46. The fraction of sp³-hybridized carbons (Fsp3) is 0.647. The highest BCUT2D eigenvalue weighted by Gasteiger charge is 2.36. The second-order valence-electron chi connectivity index (χ2n) is 7.02. The van der Waals surface area contributed by atoms with E-state index in [4.69, 9.17) is 0 Å². The SMILES string of the molecule is Cc1cc(C)c(C)c(S(=O)(=O)NC2CC3CCC(C2)N3)c1C.Cl. The van der Waals surface area contributed by atoms with Crippen molar-refractivity contribution in [2.24, 2.45) is 0 Å². The first-order chi connectivity index (χ1) is 10.3. The van der Waals surface area contributed by atoms with Gasteiger partial charge in [0, 0.05) is 18.1 Å². The molecule has 23 heavy (non-hydrogen) atoms. The smallest absolute Gasteiger partial charge is 0.241 e. The van der Waals surface area contributed by atoms with E-state index < -0.39 is 10.0 Å². The van der Waals surface area contributed by atoms with E-state index in [-0.39, 0.29) is 18.4 Å². The summed E-state index contributed by atoms with van der Waals surface area (Å²) in [5.41, 5.74) is 3.81. The summed E-state index contributed by atoms with van der Waals surface area (Å²) in [6.07, 6.45) is 4.15. The van der Waals surface area contributed by atoms with Gasteiger partial charge in [-0.05, 0) is 75.6 Å². The van der Waals surface area contributed by atoms with E-state index in [1.54, 1.807) is 0 Å². The average molecular weight is 359 g/mol. The Hall–Kier alpha value is -0.620. The van der Waals surface area contributed by atoms with Crippen LogP contribution in [0.2, 0.25) is 0 Å². The number of hydrogen-bond donors (Lipinski definition) is 2. The molecule has 6 heteroatoms. The second kappa shape index (κ2) is 6.71. The molecule has 2 fully saturated rings. The molecule has 2 saturated heterocycles. The molecule has 2 aliphatic heterocycles. The lowest BCUT2D eigenvalue weighted by Gasteiger charge is -2.30. The number of benzene rings is 1. The molecule has 4 nitrogen and oxygen atoms in total. The van der Waals surface area contributed by atoms with Crippen LogP contribution in [0.15, 0.2) is 11.0 Å². The lowest BCUT2D eigenvalue weighted by Crippen LogP contribution is -2.48. The molecular formula is C17H27ClN2O2S. The van der Waals surface area contributed by atoms with Crippen molar-refractivity contribution >= 4 is 22.4 Å². The van der Waals surface area contributed by atoms with Gasteiger partial charge in [0.2, 0.25) is 10.0 Å². The molecule has 0 radical (unpaired) electrons. The number of nitrogens with one attached hydrogen (secondary N) is 2. The van der Waals surface area contributed by atoms with Gasteiger partial charge < -0.3 is 5.32 Å². The quantitative estimate of drug-likeness (QED) is 0.873. The first kappa shape index (κ1) is 18.7. The number of piperidine rings is 1. The highest BCUT2D eigenvalue weighted by Crippen LogP contribution is 2.30. The molecule has 0 saturated carbocycles. The lowest BCUT2D eigenvalue weighted by atomic mass is 10.0. The molecule has 1 aromatic rings. The molecule has 2 bridgehead atoms. The molecule has 2 aliphatic rings. The maximum atomic E-state index is 12.9. The Kier molecular flexibility index (Phi) is 5.46. The molecule has 2 N–H and O–H groups in total. The molecule has 0 spiro atoms. The van der Waals surface area contributed by atoms with Crippen LogP contribution in [0.4, 0.5) is 0 Å². The van der Waals surface area contributed by atoms with Crippen LogP contribution >= 0.6 is 12.4 Å². The Morgan fingerprint density at radius 3 is 1.96 bits per heavy atom. The van der Waals surface area contributed by atoms with E-state index in [0.29, 0.717) is 17.0 Å². The van der Waals surface area contributed by atoms with E-state index in [1.165, 1.54) is 12.8 Å². The highest BCUT2D eigenvalue weighted by atomic mass is 35.5. The predicted octanol–water partition coefficient (Wildman–Crippen LogP) is 2.90. The van der Waals surface area contributed by atoms with Gasteiger partial charge in [-0.2, -0.15) is 0 Å². The van der Waals surface area contributed by atoms with Gasteiger partial charge in [0.05, 0.1) is 4.90 Å². The molecule has 2 heterocycles. The van der Waals surface area contributed by atoms with Crippen molar-refractivity contribution in [3.05, 3.63) is 28.3 Å². The van der Waals surface area contributed by atoms with Crippen molar-refractivity contribution < 1.29 is 8.42 Å². The minimum Gasteiger partial charge on any atom is -0.311 e. The topological polar surface area (TPSA) is 58.2 Å². The summed E-state index contributed by atoms with van der Waals surface area (Å²) in [6, 6.07) is 3.08. The Morgan fingerprint density at radius 1 is 1.00 bits per heavy atom. The van der Waals surface area contributed by atoms with Crippen molar-refractivity contribution in [1.29, 1.82) is 0 Å². The standard InChI is InChI=1S/C17H26N2O2S.ClH/c1-10-7-11(2)13(4)17(12(10)3)22(20,21)19-16-8-14-5-6-15(9-16)18-14;/h7,14-16,18-19H,5-6,8-9H2,1-4H3;1H. The van der Waals surface area contributed by atoms with Crippen molar-refractivity contribution in [1.82, 2.24) is 10.0 Å². The zero-order valence-corrected chi connectivity index (χ0v) is 15.9. The van der Waals surface area contributed by atoms with Gasteiger partial charge in [0.25, 0.3) is 0 Å². The fourth-order valence-electron chi connectivity index (χ4n) is 4.02. The molecule has 1 aromatic carbocycles. The van der Waals surface area contributed by atoms with Gasteiger partial charge in [-0.25, -0.2) is 13.1 Å². The van der Waals surface area contributed by atoms with Gasteiger partial charge >= 0.3 is 0 Å². The van der Waals surface area contributed by atoms with E-state index in [1.807, 2.05) is 27.7 Å². The van der Waals surface area contributed by atoms with Crippen molar-refractivity contribution in [2.45, 2.75) is 76.4 Å². The molecule has 0 aromatic heterocycles. The first-order valence-corrected chi connectivity index (χ1v) is 9.62. The highest BCUT2D eigenvalue weighted by molar-refractivity contribution is 7.89. The Balaban J connectivity index is 0.00000192. The minimum absolute atomic E-state index is 0. The van der Waals surface area contributed by atoms with E-state index in [2.05, 4.69) is 16.1 Å². The Labute approximate surface area is 145 Å². The van der Waals surface area contributed by atoms with Gasteiger partial charge in [0.15, 0.2) is 0 Å². The summed E-state index contributed by atoms with van der Waals surface area (Å²) in [5, 5.41) is 3.55. The van der Waals surface area contributed by atoms with Crippen LogP contribution in [0.1, 0.15) is 47.9 Å². The van der Waals surface area contributed by atoms with Crippen molar-refractivity contribution in [3.63, 3.8) is 0 Å². The molecular weight excluding hydrogens is 332 g/mol. The van der Waals surface area contributed by atoms with Gasteiger partial charge in [-0.15, -0.1) is 12.4 Å². The fourth-order valence-corrected chi connectivity index (χ4v) is 5.89. The number of rotatable bonds is 3. The van der Waals surface area contributed by atoms with Gasteiger partial charge in [0.1, 0.15) is 0 Å². The third-order valence-electron chi connectivity index (χ3n) is 5.36. The van der Waals surface area contributed by atoms with Crippen LogP contribution in [0.5, 0.6) is 0 Å². The molecule has 2 unspecified atom stereocenters. The molecule has 130 valence electrons. The predicted molar refractivity (Wildman–Crippen MR) is 95.9 cm³/mol. The van der Waals surface area contributed by atoms with Crippen molar-refractivity contribution in [3.8, 4) is 0 Å². The second-order valence-corrected chi connectivity index (χ2v) is 8.67. The van der Waals surface area contributed by atoms with E-state index in [9.17, 15) is 8.42 Å². The third kappa shape index (κ3) is 3.58. The zero-order chi connectivity index (χ0) is 16.1. The molecule has 0 aliphatic carbocycles. The molecule has 0 amide bonds. The third-order valence-corrected chi connectivity index (χ3v) is 7.15. The maximum absolute atomic E-state index is 12.9. The number of sulfonamides is 1. The lowest BCUT2D eigenvalue weighted by molar-refractivity contribution is 0.345. The monoisotopic (exact) mass is 358 g/mol. The number of halogens is 1. The van der Waals surface area contributed by atoms with Gasteiger partial charge in [-0.1, -0.05) is 6.07 Å². The molecule has 2 atom stereocenters. The summed E-state index contributed by atoms with van der Waals surface area (Å²) < 4.78 is 28.9. The largest absolute Gasteiger partial charge is 0.311 e. The minimum atomic E-state index is -3.46. The van der Waals surface area contributed by atoms with E-state index in [0.717, 1.165) is 35.1 Å². The van der Waals surface area contributed by atoms with Crippen LogP contribution in [-0.4, -0.2) is 26.5 Å². The van der Waals surface area contributed by atoms with Gasteiger partial charge in [-0.3, -0.25) is 0 Å². The average Bonchev–Trinajstić information content (AvgIpc) is 2.75. The van der Waals surface area contributed by atoms with E-state index >= 15 is 0 Å². The van der Waals surface area contributed by atoms with Crippen LogP contribution in [0.3, 0.4) is 0 Å². The Morgan fingerprint density at radius 2 is 1.48 bits per heavy atom. The first-order valence-electron chi connectivity index (χ1n) is 8.13. The number of fused-ring (bicyclic) bond motifs is 2. The van der Waals surface area contributed by atoms with Crippen LogP contribution in [0, 0.1) is 27.7 Å². The van der Waals surface area contributed by atoms with Crippen LogP contribution in [0.25, 0.3) is 0 Å². The molecule has 3 rings (SSSR count). The summed E-state index contributed by atoms with van der Waals surface area (Å²) in [5.74, 6) is 0. The number of aryl methyl sites for hydroxylation is 2. The summed E-state index contributed by atoms with van der Waals surface area (Å²) in [6.45, 7) is 7.77. The normalized spacial score (nSPS) is 26.9. The van der Waals surface area contributed by atoms with Crippen LogP contribution < -0.4 is 10.0 Å². The van der Waals surface area contributed by atoms with Crippen molar-refractivity contribution in [2.75, 3.05) is 0 Å². The zero-order valence-electron chi connectivity index (χ0n) is 14.3. The van der Waals surface area contributed by atoms with Crippen LogP contribution in [-0.2, 0) is 10.0 Å².